The minimum atomic E-state index is 0.463. The van der Waals surface area contributed by atoms with Crippen molar-refractivity contribution in [2.45, 2.75) is 71.3 Å². The summed E-state index contributed by atoms with van der Waals surface area (Å²) in [6.07, 6.45) is 11.4. The molecule has 0 radical (unpaired) electrons. The van der Waals surface area contributed by atoms with E-state index >= 15 is 0 Å². The number of hydrogen-bond acceptors (Lipinski definition) is 2. The largest absolute Gasteiger partial charge is 0.359 e. The van der Waals surface area contributed by atoms with Gasteiger partial charge in [0.25, 0.3) is 0 Å². The second kappa shape index (κ2) is 6.38. The molecule has 2 fully saturated rings. The maximum absolute atomic E-state index is 5.93. The zero-order chi connectivity index (χ0) is 13.0. The van der Waals surface area contributed by atoms with Crippen LogP contribution in [0.3, 0.4) is 0 Å². The number of methoxy groups -OCH3 is 1. The van der Waals surface area contributed by atoms with Crippen LogP contribution in [0.5, 0.6) is 0 Å². The van der Waals surface area contributed by atoms with E-state index in [0.29, 0.717) is 18.3 Å². The number of rotatable bonds is 4. The van der Waals surface area contributed by atoms with E-state index in [1.807, 2.05) is 0 Å². The van der Waals surface area contributed by atoms with E-state index < -0.39 is 0 Å². The Morgan fingerprint density at radius 3 is 2.33 bits per heavy atom. The van der Waals surface area contributed by atoms with Crippen molar-refractivity contribution in [2.24, 2.45) is 17.3 Å². The van der Waals surface area contributed by atoms with Gasteiger partial charge in [0, 0.05) is 7.11 Å². The maximum Gasteiger partial charge on any atom is 0.146 e. The van der Waals surface area contributed by atoms with Crippen LogP contribution in [0.4, 0.5) is 0 Å². The molecule has 2 aliphatic carbocycles. The third-order valence-electron chi connectivity index (χ3n) is 5.14. The van der Waals surface area contributed by atoms with Crippen molar-refractivity contribution in [3.05, 3.63) is 0 Å². The molecule has 0 heterocycles. The lowest BCUT2D eigenvalue weighted by molar-refractivity contribution is -0.115. The molecule has 18 heavy (non-hydrogen) atoms. The van der Waals surface area contributed by atoms with E-state index in [1.165, 1.54) is 51.4 Å². The van der Waals surface area contributed by atoms with Crippen LogP contribution in [0.2, 0.25) is 0 Å². The van der Waals surface area contributed by atoms with Crippen molar-refractivity contribution in [3.63, 3.8) is 0 Å². The summed E-state index contributed by atoms with van der Waals surface area (Å²) in [7, 11) is 1.72. The van der Waals surface area contributed by atoms with Gasteiger partial charge in [-0.3, -0.25) is 0 Å². The smallest absolute Gasteiger partial charge is 0.146 e. The zero-order valence-corrected chi connectivity index (χ0v) is 12.4. The lowest BCUT2D eigenvalue weighted by atomic mass is 9.66. The fourth-order valence-electron chi connectivity index (χ4n) is 3.88. The van der Waals surface area contributed by atoms with E-state index in [2.05, 4.69) is 13.8 Å². The molecule has 2 aliphatic rings. The Hall–Kier alpha value is -0.0800. The molecule has 0 aromatic rings. The molecule has 0 aromatic heterocycles. The summed E-state index contributed by atoms with van der Waals surface area (Å²) < 4.78 is 11.0. The van der Waals surface area contributed by atoms with Crippen molar-refractivity contribution in [3.8, 4) is 0 Å². The molecule has 2 unspecified atom stereocenters. The molecule has 106 valence electrons. The minimum Gasteiger partial charge on any atom is -0.359 e. The Balaban J connectivity index is 1.88. The summed E-state index contributed by atoms with van der Waals surface area (Å²) in [5.41, 5.74) is 0.577. The molecule has 2 saturated carbocycles. The molecular weight excluding hydrogens is 224 g/mol. The molecule has 2 rings (SSSR count). The summed E-state index contributed by atoms with van der Waals surface area (Å²) in [6.45, 7) is 5.31. The molecule has 0 amide bonds. The van der Waals surface area contributed by atoms with Gasteiger partial charge in [0.15, 0.2) is 0 Å². The van der Waals surface area contributed by atoms with Gasteiger partial charge in [-0.1, -0.05) is 26.7 Å². The van der Waals surface area contributed by atoms with Crippen molar-refractivity contribution < 1.29 is 9.47 Å². The van der Waals surface area contributed by atoms with Crippen molar-refractivity contribution in [1.29, 1.82) is 0 Å². The molecule has 0 aromatic carbocycles. The van der Waals surface area contributed by atoms with Crippen LogP contribution in [0.25, 0.3) is 0 Å². The Morgan fingerprint density at radius 2 is 1.67 bits per heavy atom. The van der Waals surface area contributed by atoms with Crippen LogP contribution in [0.15, 0.2) is 0 Å². The van der Waals surface area contributed by atoms with Crippen LogP contribution in [-0.4, -0.2) is 20.0 Å². The Labute approximate surface area is 112 Å². The topological polar surface area (TPSA) is 18.5 Å². The average molecular weight is 254 g/mol. The predicted octanol–water partition coefficient (Wildman–Crippen LogP) is 4.38. The molecular formula is C16H30O2. The molecule has 2 heteroatoms. The fourth-order valence-corrected chi connectivity index (χ4v) is 3.88. The first-order valence-electron chi connectivity index (χ1n) is 7.73. The fraction of sp³-hybridized carbons (Fsp3) is 1.00. The van der Waals surface area contributed by atoms with Crippen molar-refractivity contribution >= 4 is 0 Å². The van der Waals surface area contributed by atoms with E-state index in [0.717, 1.165) is 11.8 Å². The van der Waals surface area contributed by atoms with E-state index in [4.69, 9.17) is 9.47 Å². The standard InChI is InChI=1S/C16H30O2/c1-16(2)10-8-13(9-11-16)14-6-4-5-7-15(14)18-12-17-3/h13-15H,4-12H2,1-3H3. The van der Waals surface area contributed by atoms with Crippen molar-refractivity contribution in [1.82, 2.24) is 0 Å². The van der Waals surface area contributed by atoms with Crippen LogP contribution < -0.4 is 0 Å². The molecule has 2 nitrogen and oxygen atoms in total. The number of ether oxygens (including phenoxy) is 2. The van der Waals surface area contributed by atoms with E-state index in [1.54, 1.807) is 7.11 Å². The average Bonchev–Trinajstić information content (AvgIpc) is 2.37. The van der Waals surface area contributed by atoms with Gasteiger partial charge in [0.05, 0.1) is 6.10 Å². The van der Waals surface area contributed by atoms with Gasteiger partial charge in [-0.2, -0.15) is 0 Å². The van der Waals surface area contributed by atoms with Crippen LogP contribution in [0, 0.1) is 17.3 Å². The zero-order valence-electron chi connectivity index (χ0n) is 12.4. The third-order valence-corrected chi connectivity index (χ3v) is 5.14. The molecule has 0 aliphatic heterocycles. The molecule has 0 spiro atoms. The minimum absolute atomic E-state index is 0.463. The summed E-state index contributed by atoms with van der Waals surface area (Å²) in [6, 6.07) is 0. The van der Waals surface area contributed by atoms with Gasteiger partial charge in [-0.15, -0.1) is 0 Å². The Bertz CT molecular complexity index is 239. The summed E-state index contributed by atoms with van der Waals surface area (Å²) >= 11 is 0. The van der Waals surface area contributed by atoms with E-state index in [-0.39, 0.29) is 0 Å². The first-order chi connectivity index (χ1) is 8.62. The molecule has 0 N–H and O–H groups in total. The van der Waals surface area contributed by atoms with Gasteiger partial charge in [-0.25, -0.2) is 0 Å². The first kappa shape index (κ1) is 14.3. The Morgan fingerprint density at radius 1 is 1.00 bits per heavy atom. The highest BCUT2D eigenvalue weighted by Crippen LogP contribution is 2.45. The predicted molar refractivity (Wildman–Crippen MR) is 74.4 cm³/mol. The maximum atomic E-state index is 5.93. The summed E-state index contributed by atoms with van der Waals surface area (Å²) in [4.78, 5) is 0. The highest BCUT2D eigenvalue weighted by Gasteiger charge is 2.36. The summed E-state index contributed by atoms with van der Waals surface area (Å²) in [5.74, 6) is 1.70. The monoisotopic (exact) mass is 254 g/mol. The quantitative estimate of drug-likeness (QED) is 0.693. The lowest BCUT2D eigenvalue weighted by Crippen LogP contribution is -2.36. The van der Waals surface area contributed by atoms with Gasteiger partial charge in [-0.05, 0) is 55.8 Å². The van der Waals surface area contributed by atoms with Gasteiger partial charge < -0.3 is 9.47 Å². The summed E-state index contributed by atoms with van der Waals surface area (Å²) in [5, 5.41) is 0. The number of hydrogen-bond donors (Lipinski definition) is 0. The van der Waals surface area contributed by atoms with Crippen LogP contribution in [-0.2, 0) is 9.47 Å². The highest BCUT2D eigenvalue weighted by atomic mass is 16.7. The Kier molecular flexibility index (Phi) is 5.08. The normalized spacial score (nSPS) is 33.5. The molecule has 0 bridgehead atoms. The van der Waals surface area contributed by atoms with Crippen LogP contribution in [0.1, 0.15) is 65.2 Å². The van der Waals surface area contributed by atoms with Gasteiger partial charge in [0.1, 0.15) is 6.79 Å². The second-order valence-electron chi connectivity index (χ2n) is 7.06. The highest BCUT2D eigenvalue weighted by molar-refractivity contribution is 4.87. The first-order valence-corrected chi connectivity index (χ1v) is 7.73. The van der Waals surface area contributed by atoms with Gasteiger partial charge in [0.2, 0.25) is 0 Å². The molecule has 0 saturated heterocycles. The van der Waals surface area contributed by atoms with Crippen molar-refractivity contribution in [2.75, 3.05) is 13.9 Å². The van der Waals surface area contributed by atoms with Crippen LogP contribution >= 0.6 is 0 Å². The third kappa shape index (κ3) is 3.71. The van der Waals surface area contributed by atoms with E-state index in [9.17, 15) is 0 Å². The molecule has 2 atom stereocenters. The lowest BCUT2D eigenvalue weighted by Gasteiger charge is -2.42. The van der Waals surface area contributed by atoms with Gasteiger partial charge >= 0.3 is 0 Å². The SMILES string of the molecule is COCOC1CCCCC1C1CCC(C)(C)CC1. The second-order valence-corrected chi connectivity index (χ2v) is 7.06.